The van der Waals surface area contributed by atoms with Crippen molar-refractivity contribution in [2.75, 3.05) is 73.9 Å². The molecular formula is C18H37N3O4. The number of nitrogens with one attached hydrogen (secondary N) is 1. The molecule has 1 aliphatic heterocycles. The molecule has 1 rings (SSSR count). The van der Waals surface area contributed by atoms with E-state index >= 15 is 0 Å². The molecule has 0 aromatic rings. The number of hydrogen-bond acceptors (Lipinski definition) is 5. The minimum Gasteiger partial charge on any atom is -0.385 e. The number of rotatable bonds is 13. The number of ether oxygens (including phenoxy) is 4. The first-order chi connectivity index (χ1) is 12.3. The number of unbranched alkanes of at least 4 members (excludes halogenated alkanes) is 1. The van der Waals surface area contributed by atoms with Crippen molar-refractivity contribution in [1.29, 1.82) is 0 Å². The molecule has 1 saturated heterocycles. The Kier molecular flexibility index (Phi) is 13.6. The summed E-state index contributed by atoms with van der Waals surface area (Å²) in [6.07, 6.45) is 5.57. The number of nitrogens with zero attached hydrogens (tertiary/aromatic N) is 2. The topological polar surface area (TPSA) is 64.6 Å². The summed E-state index contributed by atoms with van der Waals surface area (Å²) in [5.74, 6) is 0.998. The smallest absolute Gasteiger partial charge is 0.193 e. The standard InChI is InChI=1S/C18H37N3O4/c1-19-18(20-9-4-5-13-24-16-15-23-3)21-10-7-17(8-11-21)25-14-6-12-22-2/h17H,4-16H2,1-3H3,(H,19,20). The number of hydrogen-bond donors (Lipinski definition) is 1. The van der Waals surface area contributed by atoms with E-state index in [1.165, 1.54) is 0 Å². The summed E-state index contributed by atoms with van der Waals surface area (Å²) in [5, 5.41) is 3.45. The van der Waals surface area contributed by atoms with Crippen molar-refractivity contribution in [1.82, 2.24) is 10.2 Å². The maximum Gasteiger partial charge on any atom is 0.193 e. The van der Waals surface area contributed by atoms with Crippen molar-refractivity contribution < 1.29 is 18.9 Å². The normalized spacial score (nSPS) is 16.4. The lowest BCUT2D eigenvalue weighted by molar-refractivity contribution is 0.00990. The third kappa shape index (κ3) is 10.6. The van der Waals surface area contributed by atoms with Gasteiger partial charge in [0.1, 0.15) is 0 Å². The highest BCUT2D eigenvalue weighted by atomic mass is 16.5. The van der Waals surface area contributed by atoms with Gasteiger partial charge in [0, 0.05) is 60.7 Å². The highest BCUT2D eigenvalue weighted by Gasteiger charge is 2.21. The molecule has 7 nitrogen and oxygen atoms in total. The summed E-state index contributed by atoms with van der Waals surface area (Å²) >= 11 is 0. The first kappa shape index (κ1) is 22.2. The summed E-state index contributed by atoms with van der Waals surface area (Å²) < 4.78 is 21.4. The van der Waals surface area contributed by atoms with E-state index in [0.717, 1.165) is 77.5 Å². The van der Waals surface area contributed by atoms with Gasteiger partial charge in [0.15, 0.2) is 5.96 Å². The monoisotopic (exact) mass is 359 g/mol. The number of methoxy groups -OCH3 is 2. The van der Waals surface area contributed by atoms with Gasteiger partial charge in [0.2, 0.25) is 0 Å². The van der Waals surface area contributed by atoms with Crippen molar-refractivity contribution in [2.45, 2.75) is 38.2 Å². The first-order valence-corrected chi connectivity index (χ1v) is 9.44. The molecule has 0 radical (unpaired) electrons. The van der Waals surface area contributed by atoms with E-state index in [2.05, 4.69) is 15.2 Å². The van der Waals surface area contributed by atoms with Crippen molar-refractivity contribution in [3.63, 3.8) is 0 Å². The zero-order chi connectivity index (χ0) is 18.2. The Hall–Kier alpha value is -0.890. The molecule has 1 aliphatic rings. The Labute approximate surface area is 153 Å². The highest BCUT2D eigenvalue weighted by molar-refractivity contribution is 5.79. The molecule has 0 bridgehead atoms. The number of likely N-dealkylation sites (tertiary alicyclic amines) is 1. The maximum absolute atomic E-state index is 5.91. The molecule has 7 heteroatoms. The molecule has 1 heterocycles. The average molecular weight is 360 g/mol. The van der Waals surface area contributed by atoms with E-state index in [4.69, 9.17) is 18.9 Å². The predicted molar refractivity (Wildman–Crippen MR) is 100 cm³/mol. The number of piperidine rings is 1. The van der Waals surface area contributed by atoms with E-state index < -0.39 is 0 Å². The van der Waals surface area contributed by atoms with Gasteiger partial charge in [-0.05, 0) is 32.1 Å². The first-order valence-electron chi connectivity index (χ1n) is 9.44. The second kappa shape index (κ2) is 15.4. The largest absolute Gasteiger partial charge is 0.385 e. The fourth-order valence-electron chi connectivity index (χ4n) is 2.79. The van der Waals surface area contributed by atoms with Gasteiger partial charge in [0.25, 0.3) is 0 Å². The van der Waals surface area contributed by atoms with Crippen LogP contribution in [-0.2, 0) is 18.9 Å². The van der Waals surface area contributed by atoms with Crippen molar-refractivity contribution in [3.8, 4) is 0 Å². The Morgan fingerprint density at radius 2 is 1.72 bits per heavy atom. The number of guanidine groups is 1. The summed E-state index contributed by atoms with van der Waals surface area (Å²) in [7, 11) is 5.27. The van der Waals surface area contributed by atoms with Crippen LogP contribution in [0.4, 0.5) is 0 Å². The highest BCUT2D eigenvalue weighted by Crippen LogP contribution is 2.14. The van der Waals surface area contributed by atoms with E-state index in [1.54, 1.807) is 14.2 Å². The molecule has 0 unspecified atom stereocenters. The maximum atomic E-state index is 5.91. The molecule has 148 valence electrons. The van der Waals surface area contributed by atoms with Gasteiger partial charge in [0.05, 0.1) is 19.3 Å². The molecule has 1 fully saturated rings. The SMILES string of the molecule is CN=C(NCCCCOCCOC)N1CCC(OCCCOC)CC1. The molecule has 0 saturated carbocycles. The molecular weight excluding hydrogens is 322 g/mol. The van der Waals surface area contributed by atoms with E-state index in [1.807, 2.05) is 7.05 Å². The van der Waals surface area contributed by atoms with Gasteiger partial charge in [-0.25, -0.2) is 0 Å². The van der Waals surface area contributed by atoms with Crippen LogP contribution >= 0.6 is 0 Å². The Morgan fingerprint density at radius 1 is 0.960 bits per heavy atom. The van der Waals surface area contributed by atoms with Crippen LogP contribution in [0.25, 0.3) is 0 Å². The summed E-state index contributed by atoms with van der Waals surface area (Å²) in [6, 6.07) is 0. The Bertz CT molecular complexity index is 334. The fourth-order valence-corrected chi connectivity index (χ4v) is 2.79. The van der Waals surface area contributed by atoms with Crippen LogP contribution in [0.2, 0.25) is 0 Å². The molecule has 25 heavy (non-hydrogen) atoms. The van der Waals surface area contributed by atoms with Gasteiger partial charge in [-0.15, -0.1) is 0 Å². The van der Waals surface area contributed by atoms with Crippen LogP contribution in [0.3, 0.4) is 0 Å². The molecule has 0 aromatic carbocycles. The lowest BCUT2D eigenvalue weighted by Gasteiger charge is -2.34. The van der Waals surface area contributed by atoms with Crippen LogP contribution in [0.15, 0.2) is 4.99 Å². The molecule has 1 N–H and O–H groups in total. The minimum atomic E-state index is 0.371. The van der Waals surface area contributed by atoms with Crippen LogP contribution in [0.5, 0.6) is 0 Å². The van der Waals surface area contributed by atoms with Crippen molar-refractivity contribution in [2.24, 2.45) is 4.99 Å². The summed E-state index contributed by atoms with van der Waals surface area (Å²) in [6.45, 7) is 6.60. The van der Waals surface area contributed by atoms with E-state index in [9.17, 15) is 0 Å². The van der Waals surface area contributed by atoms with Gasteiger partial charge < -0.3 is 29.2 Å². The van der Waals surface area contributed by atoms with Crippen LogP contribution in [-0.4, -0.2) is 90.9 Å². The van der Waals surface area contributed by atoms with Crippen molar-refractivity contribution in [3.05, 3.63) is 0 Å². The van der Waals surface area contributed by atoms with Gasteiger partial charge in [-0.3, -0.25) is 4.99 Å². The van der Waals surface area contributed by atoms with Crippen LogP contribution in [0.1, 0.15) is 32.1 Å². The number of aliphatic imine (C=N–C) groups is 1. The average Bonchev–Trinajstić information content (AvgIpc) is 2.65. The van der Waals surface area contributed by atoms with Gasteiger partial charge >= 0.3 is 0 Å². The quantitative estimate of drug-likeness (QED) is 0.306. The lowest BCUT2D eigenvalue weighted by atomic mass is 10.1. The minimum absolute atomic E-state index is 0.371. The molecule has 0 aromatic heterocycles. The predicted octanol–water partition coefficient (Wildman–Crippen LogP) is 1.52. The second-order valence-corrected chi connectivity index (χ2v) is 6.19. The third-order valence-electron chi connectivity index (χ3n) is 4.23. The zero-order valence-corrected chi connectivity index (χ0v) is 16.3. The van der Waals surface area contributed by atoms with Gasteiger partial charge in [-0.1, -0.05) is 0 Å². The zero-order valence-electron chi connectivity index (χ0n) is 16.3. The second-order valence-electron chi connectivity index (χ2n) is 6.19. The summed E-state index contributed by atoms with van der Waals surface area (Å²) in [4.78, 5) is 6.73. The lowest BCUT2D eigenvalue weighted by Crippen LogP contribution is -2.47. The molecule has 0 spiro atoms. The van der Waals surface area contributed by atoms with Crippen molar-refractivity contribution >= 4 is 5.96 Å². The third-order valence-corrected chi connectivity index (χ3v) is 4.23. The summed E-state index contributed by atoms with van der Waals surface area (Å²) in [5.41, 5.74) is 0. The van der Waals surface area contributed by atoms with Crippen LogP contribution < -0.4 is 5.32 Å². The Balaban J connectivity index is 2.07. The fraction of sp³-hybridized carbons (Fsp3) is 0.944. The molecule has 0 aliphatic carbocycles. The Morgan fingerprint density at radius 3 is 2.40 bits per heavy atom. The molecule has 0 atom stereocenters. The van der Waals surface area contributed by atoms with E-state index in [0.29, 0.717) is 19.3 Å². The van der Waals surface area contributed by atoms with E-state index in [-0.39, 0.29) is 0 Å². The molecule has 0 amide bonds. The van der Waals surface area contributed by atoms with Gasteiger partial charge in [-0.2, -0.15) is 0 Å². The van der Waals surface area contributed by atoms with Crippen LogP contribution in [0, 0.1) is 0 Å².